The monoisotopic (exact) mass is 417 g/mol. The van der Waals surface area contributed by atoms with Gasteiger partial charge in [0, 0.05) is 35.9 Å². The Morgan fingerprint density at radius 2 is 1.93 bits per heavy atom. The van der Waals surface area contributed by atoms with Crippen molar-refractivity contribution in [1.29, 1.82) is 0 Å². The van der Waals surface area contributed by atoms with Crippen LogP contribution in [0.25, 0.3) is 0 Å². The first-order chi connectivity index (χ1) is 13.7. The van der Waals surface area contributed by atoms with E-state index in [9.17, 15) is 14.7 Å². The molecule has 1 saturated heterocycles. The molecule has 3 atom stereocenters. The first-order valence-electron chi connectivity index (χ1n) is 9.31. The van der Waals surface area contributed by atoms with E-state index in [1.165, 1.54) is 20.1 Å². The van der Waals surface area contributed by atoms with Crippen molar-refractivity contribution in [2.75, 3.05) is 7.11 Å². The molecule has 2 aromatic rings. The molecule has 0 radical (unpaired) electrons. The maximum Gasteiger partial charge on any atom is 0.335 e. The van der Waals surface area contributed by atoms with Gasteiger partial charge in [0.05, 0.1) is 24.9 Å². The number of benzene rings is 2. The fourth-order valence-electron chi connectivity index (χ4n) is 3.93. The van der Waals surface area contributed by atoms with Gasteiger partial charge in [0.1, 0.15) is 5.75 Å². The second-order valence-electron chi connectivity index (χ2n) is 7.58. The van der Waals surface area contributed by atoms with E-state index >= 15 is 0 Å². The van der Waals surface area contributed by atoms with Crippen molar-refractivity contribution in [3.63, 3.8) is 0 Å². The highest BCUT2D eigenvalue weighted by atomic mass is 35.5. The molecule has 29 heavy (non-hydrogen) atoms. The molecule has 0 saturated carbocycles. The minimum Gasteiger partial charge on any atom is -0.496 e. The second-order valence-corrected chi connectivity index (χ2v) is 8.02. The van der Waals surface area contributed by atoms with Crippen LogP contribution in [0.15, 0.2) is 42.5 Å². The third-order valence-electron chi connectivity index (χ3n) is 5.12. The van der Waals surface area contributed by atoms with Crippen molar-refractivity contribution in [2.45, 2.75) is 44.4 Å². The summed E-state index contributed by atoms with van der Waals surface area (Å²) < 4.78 is 11.8. The number of ether oxygens (including phenoxy) is 2. The van der Waals surface area contributed by atoms with Gasteiger partial charge in [0.25, 0.3) is 0 Å². The highest BCUT2D eigenvalue weighted by molar-refractivity contribution is 6.30. The molecule has 1 heterocycles. The second kappa shape index (κ2) is 8.43. The number of carboxylic acid groups (broad SMARTS) is 1. The van der Waals surface area contributed by atoms with Gasteiger partial charge < -0.3 is 19.9 Å². The molecule has 0 aromatic heterocycles. The maximum absolute atomic E-state index is 11.8. The SMILES string of the molecule is COc1ccc(C(=O)O)cc1[C@H]1C[C@@](C)(NC(C)=O)C[C@@H](c2cccc(Cl)c2)O1. The van der Waals surface area contributed by atoms with Crippen LogP contribution in [0.4, 0.5) is 0 Å². The first-order valence-corrected chi connectivity index (χ1v) is 9.69. The summed E-state index contributed by atoms with van der Waals surface area (Å²) in [6, 6.07) is 12.1. The van der Waals surface area contributed by atoms with E-state index in [1.807, 2.05) is 25.1 Å². The van der Waals surface area contributed by atoms with E-state index in [2.05, 4.69) is 5.32 Å². The van der Waals surface area contributed by atoms with Crippen molar-refractivity contribution < 1.29 is 24.2 Å². The number of hydrogen-bond donors (Lipinski definition) is 2. The van der Waals surface area contributed by atoms with Crippen molar-refractivity contribution >= 4 is 23.5 Å². The van der Waals surface area contributed by atoms with Crippen LogP contribution in [0.2, 0.25) is 5.02 Å². The normalized spacial score (nSPS) is 24.0. The van der Waals surface area contributed by atoms with Gasteiger partial charge in [-0.25, -0.2) is 4.79 Å². The molecule has 6 nitrogen and oxygen atoms in total. The van der Waals surface area contributed by atoms with Crippen LogP contribution in [-0.4, -0.2) is 29.6 Å². The lowest BCUT2D eigenvalue weighted by Gasteiger charge is -2.43. The fraction of sp³-hybridized carbons (Fsp3) is 0.364. The van der Waals surface area contributed by atoms with Crippen LogP contribution in [-0.2, 0) is 9.53 Å². The summed E-state index contributed by atoms with van der Waals surface area (Å²) in [4.78, 5) is 23.3. The Hall–Kier alpha value is -2.57. The van der Waals surface area contributed by atoms with Crippen LogP contribution in [0, 0.1) is 0 Å². The number of halogens is 1. The van der Waals surface area contributed by atoms with Gasteiger partial charge in [-0.05, 0) is 42.8 Å². The van der Waals surface area contributed by atoms with Crippen LogP contribution in [0.5, 0.6) is 5.75 Å². The van der Waals surface area contributed by atoms with E-state index < -0.39 is 17.6 Å². The van der Waals surface area contributed by atoms with Gasteiger partial charge in [-0.1, -0.05) is 23.7 Å². The number of amides is 1. The topological polar surface area (TPSA) is 84.9 Å². The summed E-state index contributed by atoms with van der Waals surface area (Å²) in [6.07, 6.45) is 0.231. The van der Waals surface area contributed by atoms with E-state index in [0.29, 0.717) is 29.2 Å². The number of rotatable bonds is 5. The van der Waals surface area contributed by atoms with E-state index in [-0.39, 0.29) is 17.6 Å². The third kappa shape index (κ3) is 4.89. The zero-order valence-electron chi connectivity index (χ0n) is 16.6. The van der Waals surface area contributed by atoms with Gasteiger partial charge in [-0.2, -0.15) is 0 Å². The molecule has 3 rings (SSSR count). The Balaban J connectivity index is 2.04. The van der Waals surface area contributed by atoms with Crippen LogP contribution in [0.3, 0.4) is 0 Å². The fourth-order valence-corrected chi connectivity index (χ4v) is 4.13. The highest BCUT2D eigenvalue weighted by Crippen LogP contribution is 2.46. The van der Waals surface area contributed by atoms with Crippen molar-refractivity contribution in [1.82, 2.24) is 5.32 Å². The Morgan fingerprint density at radius 1 is 1.21 bits per heavy atom. The van der Waals surface area contributed by atoms with Crippen LogP contribution in [0.1, 0.15) is 60.4 Å². The molecule has 1 aliphatic heterocycles. The largest absolute Gasteiger partial charge is 0.496 e. The number of nitrogens with one attached hydrogen (secondary N) is 1. The summed E-state index contributed by atoms with van der Waals surface area (Å²) in [6.45, 7) is 3.45. The maximum atomic E-state index is 11.8. The molecule has 0 bridgehead atoms. The van der Waals surface area contributed by atoms with Gasteiger partial charge in [0.15, 0.2) is 0 Å². The predicted octanol–water partition coefficient (Wildman–Crippen LogP) is 4.53. The molecule has 0 aliphatic carbocycles. The molecule has 2 aromatic carbocycles. The molecule has 1 amide bonds. The molecule has 2 N–H and O–H groups in total. The van der Waals surface area contributed by atoms with Crippen LogP contribution >= 0.6 is 11.6 Å². The molecule has 0 spiro atoms. The third-order valence-corrected chi connectivity index (χ3v) is 5.36. The van der Waals surface area contributed by atoms with E-state index in [1.54, 1.807) is 18.2 Å². The van der Waals surface area contributed by atoms with Crippen molar-refractivity contribution in [3.05, 3.63) is 64.2 Å². The Kier molecular flexibility index (Phi) is 6.15. The molecule has 7 heteroatoms. The summed E-state index contributed by atoms with van der Waals surface area (Å²) in [5.74, 6) is -0.623. The molecular formula is C22H24ClNO5. The van der Waals surface area contributed by atoms with Gasteiger partial charge in [-0.3, -0.25) is 4.79 Å². The minimum atomic E-state index is -1.03. The number of carboxylic acids is 1. The first kappa shape index (κ1) is 21.1. The van der Waals surface area contributed by atoms with Gasteiger partial charge in [-0.15, -0.1) is 0 Å². The molecular weight excluding hydrogens is 394 g/mol. The lowest BCUT2D eigenvalue weighted by atomic mass is 9.81. The zero-order valence-corrected chi connectivity index (χ0v) is 17.3. The number of carbonyl (C=O) groups excluding carboxylic acids is 1. The molecule has 154 valence electrons. The summed E-state index contributed by atoms with van der Waals surface area (Å²) in [5, 5.41) is 13.0. The van der Waals surface area contributed by atoms with E-state index in [0.717, 1.165) is 5.56 Å². The standard InChI is InChI=1S/C22H24ClNO5/c1-13(25)24-22(2)11-19(14-5-4-6-16(23)9-14)29-20(12-22)17-10-15(21(26)27)7-8-18(17)28-3/h4-10,19-20H,11-12H2,1-3H3,(H,24,25)(H,26,27)/t19-,20+,22-/m0/s1. The smallest absolute Gasteiger partial charge is 0.335 e. The number of hydrogen-bond acceptors (Lipinski definition) is 4. The Morgan fingerprint density at radius 3 is 2.55 bits per heavy atom. The average Bonchev–Trinajstić information content (AvgIpc) is 2.66. The number of methoxy groups -OCH3 is 1. The molecule has 1 aliphatic rings. The average molecular weight is 418 g/mol. The summed E-state index contributed by atoms with van der Waals surface area (Å²) in [7, 11) is 1.53. The quantitative estimate of drug-likeness (QED) is 0.746. The molecule has 1 fully saturated rings. The van der Waals surface area contributed by atoms with Gasteiger partial charge in [0.2, 0.25) is 5.91 Å². The highest BCUT2D eigenvalue weighted by Gasteiger charge is 2.41. The number of carbonyl (C=O) groups is 2. The van der Waals surface area contributed by atoms with Gasteiger partial charge >= 0.3 is 5.97 Å². The minimum absolute atomic E-state index is 0.135. The van der Waals surface area contributed by atoms with Crippen molar-refractivity contribution in [2.24, 2.45) is 0 Å². The number of aromatic carboxylic acids is 1. The summed E-state index contributed by atoms with van der Waals surface area (Å²) >= 11 is 6.17. The Bertz CT molecular complexity index is 931. The summed E-state index contributed by atoms with van der Waals surface area (Å²) in [5.41, 5.74) is 1.13. The lowest BCUT2D eigenvalue weighted by molar-refractivity contribution is -0.126. The van der Waals surface area contributed by atoms with Crippen LogP contribution < -0.4 is 10.1 Å². The van der Waals surface area contributed by atoms with E-state index in [4.69, 9.17) is 21.1 Å². The predicted molar refractivity (Wildman–Crippen MR) is 109 cm³/mol. The Labute approximate surface area is 174 Å². The lowest BCUT2D eigenvalue weighted by Crippen LogP contribution is -2.50. The molecule has 0 unspecified atom stereocenters. The zero-order chi connectivity index (χ0) is 21.2. The van der Waals surface area contributed by atoms with Crippen molar-refractivity contribution in [3.8, 4) is 5.75 Å².